The van der Waals surface area contributed by atoms with Crippen LogP contribution in [0, 0.1) is 0 Å². The molecule has 24 heavy (non-hydrogen) atoms. The zero-order valence-electron chi connectivity index (χ0n) is 12.8. The summed E-state index contributed by atoms with van der Waals surface area (Å²) in [5.74, 6) is -0.343. The van der Waals surface area contributed by atoms with E-state index in [0.717, 1.165) is 21.7 Å². The Morgan fingerprint density at radius 3 is 2.50 bits per heavy atom. The fourth-order valence-corrected chi connectivity index (χ4v) is 3.49. The predicted octanol–water partition coefficient (Wildman–Crippen LogP) is 4.32. The van der Waals surface area contributed by atoms with Gasteiger partial charge in [0.2, 0.25) is 0 Å². The second-order valence-electron chi connectivity index (χ2n) is 5.22. The summed E-state index contributed by atoms with van der Waals surface area (Å²) in [6.45, 7) is 0. The van der Waals surface area contributed by atoms with E-state index in [1.54, 1.807) is 12.3 Å². The van der Waals surface area contributed by atoms with Crippen molar-refractivity contribution in [3.8, 4) is 11.1 Å². The Kier molecular flexibility index (Phi) is 4.82. The summed E-state index contributed by atoms with van der Waals surface area (Å²) in [7, 11) is 0. The fourth-order valence-electron chi connectivity index (χ4n) is 2.42. The summed E-state index contributed by atoms with van der Waals surface area (Å²) in [6.07, 6.45) is 1.75. The first kappa shape index (κ1) is 16.1. The standard InChI is InChI=1S/C19H16N2O2S/c20-16-10-14(19(22)23)11-17(18(16)13-6-2-1-3-7-13)24-12-15-8-4-5-9-21-15/h1-11H,12,20H2,(H,22,23). The first-order chi connectivity index (χ1) is 11.6. The summed E-state index contributed by atoms with van der Waals surface area (Å²) < 4.78 is 0. The lowest BCUT2D eigenvalue weighted by Gasteiger charge is -2.14. The number of hydrogen-bond donors (Lipinski definition) is 2. The van der Waals surface area contributed by atoms with Crippen molar-refractivity contribution in [2.75, 3.05) is 5.73 Å². The third-order valence-electron chi connectivity index (χ3n) is 3.54. The highest BCUT2D eigenvalue weighted by Crippen LogP contribution is 2.38. The van der Waals surface area contributed by atoms with E-state index in [1.165, 1.54) is 17.8 Å². The van der Waals surface area contributed by atoms with Crippen molar-refractivity contribution in [3.05, 3.63) is 78.1 Å². The number of pyridine rings is 1. The zero-order valence-corrected chi connectivity index (χ0v) is 13.7. The molecule has 1 aromatic heterocycles. The number of thioether (sulfide) groups is 1. The molecule has 0 saturated heterocycles. The molecule has 0 aliphatic heterocycles. The number of aromatic carboxylic acids is 1. The third-order valence-corrected chi connectivity index (χ3v) is 4.62. The molecule has 120 valence electrons. The summed E-state index contributed by atoms with van der Waals surface area (Å²) in [6, 6.07) is 18.7. The van der Waals surface area contributed by atoms with Crippen LogP contribution in [-0.2, 0) is 5.75 Å². The van der Waals surface area contributed by atoms with Crippen LogP contribution in [0.3, 0.4) is 0 Å². The fraction of sp³-hybridized carbons (Fsp3) is 0.0526. The van der Waals surface area contributed by atoms with E-state index in [0.29, 0.717) is 11.4 Å². The van der Waals surface area contributed by atoms with E-state index in [-0.39, 0.29) is 5.56 Å². The first-order valence-corrected chi connectivity index (χ1v) is 8.38. The minimum absolute atomic E-state index is 0.190. The van der Waals surface area contributed by atoms with Gasteiger partial charge in [-0.25, -0.2) is 4.79 Å². The molecule has 5 heteroatoms. The Morgan fingerprint density at radius 1 is 1.08 bits per heavy atom. The number of anilines is 1. The third kappa shape index (κ3) is 3.58. The summed E-state index contributed by atoms with van der Waals surface area (Å²) in [4.78, 5) is 16.5. The van der Waals surface area contributed by atoms with E-state index in [2.05, 4.69) is 4.98 Å². The summed E-state index contributed by atoms with van der Waals surface area (Å²) in [5, 5.41) is 9.30. The van der Waals surface area contributed by atoms with Crippen molar-refractivity contribution < 1.29 is 9.90 Å². The van der Waals surface area contributed by atoms with Crippen molar-refractivity contribution in [1.82, 2.24) is 4.98 Å². The number of aromatic nitrogens is 1. The average molecular weight is 336 g/mol. The molecule has 0 aliphatic rings. The van der Waals surface area contributed by atoms with Gasteiger partial charge in [-0.15, -0.1) is 11.8 Å². The van der Waals surface area contributed by atoms with Crippen LogP contribution in [0.25, 0.3) is 11.1 Å². The molecule has 0 atom stereocenters. The van der Waals surface area contributed by atoms with Crippen molar-refractivity contribution in [3.63, 3.8) is 0 Å². The van der Waals surface area contributed by atoms with Crippen LogP contribution < -0.4 is 5.73 Å². The SMILES string of the molecule is Nc1cc(C(=O)O)cc(SCc2ccccn2)c1-c1ccccc1. The molecular formula is C19H16N2O2S. The number of rotatable bonds is 5. The Bertz CT molecular complexity index is 852. The Balaban J connectivity index is 2.02. The molecule has 0 aliphatic carbocycles. The second-order valence-corrected chi connectivity index (χ2v) is 6.24. The Morgan fingerprint density at radius 2 is 1.83 bits per heavy atom. The molecule has 3 rings (SSSR count). The van der Waals surface area contributed by atoms with Gasteiger partial charge in [0.05, 0.1) is 11.3 Å². The molecule has 0 saturated carbocycles. The van der Waals surface area contributed by atoms with E-state index < -0.39 is 5.97 Å². The maximum Gasteiger partial charge on any atom is 0.335 e. The van der Waals surface area contributed by atoms with Crippen molar-refractivity contribution in [1.29, 1.82) is 0 Å². The van der Waals surface area contributed by atoms with Crippen LogP contribution in [0.15, 0.2) is 71.8 Å². The molecule has 0 spiro atoms. The smallest absolute Gasteiger partial charge is 0.335 e. The highest BCUT2D eigenvalue weighted by Gasteiger charge is 2.15. The van der Waals surface area contributed by atoms with Crippen LogP contribution in [-0.4, -0.2) is 16.1 Å². The maximum absolute atomic E-state index is 11.4. The molecule has 2 aromatic carbocycles. The zero-order chi connectivity index (χ0) is 16.9. The van der Waals surface area contributed by atoms with E-state index in [9.17, 15) is 9.90 Å². The van der Waals surface area contributed by atoms with Gasteiger partial charge < -0.3 is 10.8 Å². The van der Waals surface area contributed by atoms with Crippen LogP contribution in [0.1, 0.15) is 16.1 Å². The molecular weight excluding hydrogens is 320 g/mol. The van der Waals surface area contributed by atoms with E-state index in [1.807, 2.05) is 48.5 Å². The monoisotopic (exact) mass is 336 g/mol. The van der Waals surface area contributed by atoms with Gasteiger partial charge in [0.15, 0.2) is 0 Å². The lowest BCUT2D eigenvalue weighted by molar-refractivity contribution is 0.0696. The van der Waals surface area contributed by atoms with Crippen molar-refractivity contribution >= 4 is 23.4 Å². The van der Waals surface area contributed by atoms with Crippen LogP contribution in [0.2, 0.25) is 0 Å². The largest absolute Gasteiger partial charge is 0.478 e. The van der Waals surface area contributed by atoms with Crippen molar-refractivity contribution in [2.45, 2.75) is 10.6 Å². The topological polar surface area (TPSA) is 76.2 Å². The molecule has 0 radical (unpaired) electrons. The number of hydrogen-bond acceptors (Lipinski definition) is 4. The molecule has 0 unspecified atom stereocenters. The van der Waals surface area contributed by atoms with Gasteiger partial charge in [0, 0.05) is 28.1 Å². The number of carboxylic acid groups (broad SMARTS) is 1. The number of nitrogens with zero attached hydrogens (tertiary/aromatic N) is 1. The van der Waals surface area contributed by atoms with E-state index >= 15 is 0 Å². The van der Waals surface area contributed by atoms with Gasteiger partial charge in [-0.1, -0.05) is 36.4 Å². The molecule has 0 amide bonds. The first-order valence-electron chi connectivity index (χ1n) is 7.40. The normalized spacial score (nSPS) is 10.5. The van der Waals surface area contributed by atoms with Gasteiger partial charge in [-0.05, 0) is 29.8 Å². The lowest BCUT2D eigenvalue weighted by atomic mass is 10.0. The summed E-state index contributed by atoms with van der Waals surface area (Å²) >= 11 is 1.53. The molecule has 4 nitrogen and oxygen atoms in total. The molecule has 3 N–H and O–H groups in total. The van der Waals surface area contributed by atoms with Crippen LogP contribution >= 0.6 is 11.8 Å². The quantitative estimate of drug-likeness (QED) is 0.536. The van der Waals surface area contributed by atoms with Gasteiger partial charge in [-0.3, -0.25) is 4.98 Å². The Labute approximate surface area is 144 Å². The molecule has 1 heterocycles. The van der Waals surface area contributed by atoms with Gasteiger partial charge in [0.1, 0.15) is 0 Å². The highest BCUT2D eigenvalue weighted by atomic mass is 32.2. The van der Waals surface area contributed by atoms with Crippen LogP contribution in [0.5, 0.6) is 0 Å². The average Bonchev–Trinajstić information content (AvgIpc) is 2.61. The number of benzene rings is 2. The summed E-state index contributed by atoms with van der Waals surface area (Å²) in [5.41, 5.74) is 9.58. The van der Waals surface area contributed by atoms with Gasteiger partial charge in [-0.2, -0.15) is 0 Å². The van der Waals surface area contributed by atoms with Gasteiger partial charge >= 0.3 is 5.97 Å². The Hall–Kier alpha value is -2.79. The predicted molar refractivity (Wildman–Crippen MR) is 97.0 cm³/mol. The number of carboxylic acids is 1. The molecule has 0 fully saturated rings. The number of nitrogens with two attached hydrogens (primary N) is 1. The second kappa shape index (κ2) is 7.19. The van der Waals surface area contributed by atoms with Crippen LogP contribution in [0.4, 0.5) is 5.69 Å². The van der Waals surface area contributed by atoms with Crippen molar-refractivity contribution in [2.24, 2.45) is 0 Å². The molecule has 3 aromatic rings. The van der Waals surface area contributed by atoms with Gasteiger partial charge in [0.25, 0.3) is 0 Å². The highest BCUT2D eigenvalue weighted by molar-refractivity contribution is 7.98. The number of nitrogen functional groups attached to an aromatic ring is 1. The minimum Gasteiger partial charge on any atom is -0.478 e. The molecule has 0 bridgehead atoms. The lowest BCUT2D eigenvalue weighted by Crippen LogP contribution is -2.01. The minimum atomic E-state index is -0.985. The number of carbonyl (C=O) groups is 1. The van der Waals surface area contributed by atoms with E-state index in [4.69, 9.17) is 5.73 Å². The maximum atomic E-state index is 11.4.